The normalized spacial score (nSPS) is 10.1. The molecule has 0 aliphatic carbocycles. The molecule has 6 nitrogen and oxygen atoms in total. The third kappa shape index (κ3) is 5.53. The Kier molecular flexibility index (Phi) is 7.32. The fourth-order valence-corrected chi connectivity index (χ4v) is 3.04. The van der Waals surface area contributed by atoms with E-state index in [9.17, 15) is 19.2 Å². The smallest absolute Gasteiger partial charge is 0.340 e. The Labute approximate surface area is 160 Å². The van der Waals surface area contributed by atoms with E-state index >= 15 is 0 Å². The van der Waals surface area contributed by atoms with Crippen molar-refractivity contribution in [1.29, 1.82) is 5.26 Å². The number of pyridine rings is 1. The second-order valence-electron chi connectivity index (χ2n) is 5.46. The first-order valence-electron chi connectivity index (χ1n) is 8.18. The molecule has 0 atom stereocenters. The summed E-state index contributed by atoms with van der Waals surface area (Å²) in [6.07, 6.45) is 0. The Bertz CT molecular complexity index is 896. The van der Waals surface area contributed by atoms with Crippen molar-refractivity contribution in [2.45, 2.75) is 25.4 Å². The van der Waals surface area contributed by atoms with Gasteiger partial charge in [-0.2, -0.15) is 5.26 Å². The summed E-state index contributed by atoms with van der Waals surface area (Å²) in [5, 5.41) is 12.3. The van der Waals surface area contributed by atoms with Crippen LogP contribution in [0.3, 0.4) is 0 Å². The predicted molar refractivity (Wildman–Crippen MR) is 98.6 cm³/mol. The van der Waals surface area contributed by atoms with Crippen molar-refractivity contribution in [3.8, 4) is 6.07 Å². The average molecular weight is 387 g/mol. The van der Waals surface area contributed by atoms with E-state index in [4.69, 9.17) is 4.74 Å². The van der Waals surface area contributed by atoms with Crippen molar-refractivity contribution < 1.29 is 18.7 Å². The second-order valence-corrected chi connectivity index (χ2v) is 6.43. The predicted octanol–water partition coefficient (Wildman–Crippen LogP) is 2.99. The number of benzene rings is 1. The Morgan fingerprint density at radius 2 is 2.11 bits per heavy atom. The van der Waals surface area contributed by atoms with Gasteiger partial charge in [0.05, 0.1) is 29.2 Å². The van der Waals surface area contributed by atoms with Crippen LogP contribution in [0.1, 0.15) is 34.1 Å². The van der Waals surface area contributed by atoms with Crippen LogP contribution in [0.25, 0.3) is 0 Å². The van der Waals surface area contributed by atoms with E-state index in [2.05, 4.69) is 10.3 Å². The number of nitrogens with zero attached hydrogens (tertiary/aromatic N) is 2. The molecule has 0 bridgehead atoms. The number of hydrogen-bond donors (Lipinski definition) is 1. The number of hydrogen-bond acceptors (Lipinski definition) is 6. The molecule has 0 saturated heterocycles. The number of rotatable bonds is 7. The van der Waals surface area contributed by atoms with E-state index in [-0.39, 0.29) is 41.8 Å². The maximum atomic E-state index is 13.6. The first-order valence-corrected chi connectivity index (χ1v) is 9.16. The molecule has 1 aromatic heterocycles. The molecule has 0 aliphatic rings. The molecule has 140 valence electrons. The van der Waals surface area contributed by atoms with Gasteiger partial charge >= 0.3 is 5.97 Å². The van der Waals surface area contributed by atoms with Gasteiger partial charge in [-0.05, 0) is 26.0 Å². The highest BCUT2D eigenvalue weighted by Gasteiger charge is 2.17. The lowest BCUT2D eigenvalue weighted by Gasteiger charge is -2.09. The molecule has 1 amide bonds. The van der Waals surface area contributed by atoms with Gasteiger partial charge in [-0.1, -0.05) is 30.0 Å². The number of esters is 1. The van der Waals surface area contributed by atoms with Crippen LogP contribution in [-0.4, -0.2) is 29.2 Å². The molecule has 1 heterocycles. The molecule has 2 aromatic rings. The Morgan fingerprint density at radius 1 is 1.37 bits per heavy atom. The lowest BCUT2D eigenvalue weighted by Crippen LogP contribution is -2.25. The molecule has 2 rings (SSSR count). The van der Waals surface area contributed by atoms with Crippen LogP contribution in [0.5, 0.6) is 0 Å². The molecular weight excluding hydrogens is 369 g/mol. The summed E-state index contributed by atoms with van der Waals surface area (Å²) in [6.45, 7) is 3.62. The van der Waals surface area contributed by atoms with E-state index in [1.54, 1.807) is 32.0 Å². The Morgan fingerprint density at radius 3 is 2.78 bits per heavy atom. The molecule has 1 N–H and O–H groups in total. The van der Waals surface area contributed by atoms with Gasteiger partial charge in [0.15, 0.2) is 0 Å². The molecule has 8 heteroatoms. The summed E-state index contributed by atoms with van der Waals surface area (Å²) in [7, 11) is 0. The van der Waals surface area contributed by atoms with Crippen molar-refractivity contribution in [2.24, 2.45) is 0 Å². The van der Waals surface area contributed by atoms with Crippen molar-refractivity contribution >= 4 is 23.6 Å². The van der Waals surface area contributed by atoms with Gasteiger partial charge in [0.2, 0.25) is 5.91 Å². The molecular formula is C19H18FN3O3S. The number of carbonyl (C=O) groups excluding carboxylic acids is 2. The number of thioether (sulfide) groups is 1. The lowest BCUT2D eigenvalue weighted by molar-refractivity contribution is -0.118. The number of nitriles is 1. The summed E-state index contributed by atoms with van der Waals surface area (Å²) in [5.74, 6) is -1.24. The van der Waals surface area contributed by atoms with E-state index < -0.39 is 5.97 Å². The van der Waals surface area contributed by atoms with Crippen molar-refractivity contribution in [3.63, 3.8) is 0 Å². The summed E-state index contributed by atoms with van der Waals surface area (Å²) < 4.78 is 18.5. The monoisotopic (exact) mass is 387 g/mol. The van der Waals surface area contributed by atoms with Crippen LogP contribution in [0, 0.1) is 24.1 Å². The number of nitrogens with one attached hydrogen (secondary N) is 1. The minimum atomic E-state index is -0.543. The zero-order chi connectivity index (χ0) is 19.8. The van der Waals surface area contributed by atoms with Crippen molar-refractivity contribution in [1.82, 2.24) is 10.3 Å². The van der Waals surface area contributed by atoms with Crippen molar-refractivity contribution in [3.05, 3.63) is 58.5 Å². The standard InChI is InChI=1S/C19H18FN3O3S/c1-3-26-19(25)15-8-14(9-21)18(23-12(15)2)27-11-17(24)22-10-13-6-4-5-7-16(13)20/h4-8H,3,10-11H2,1-2H3,(H,22,24). The van der Waals surface area contributed by atoms with Crippen LogP contribution in [0.15, 0.2) is 35.4 Å². The molecule has 0 fully saturated rings. The van der Waals surface area contributed by atoms with Crippen molar-refractivity contribution in [2.75, 3.05) is 12.4 Å². The Balaban J connectivity index is 2.01. The molecule has 0 spiro atoms. The second kappa shape index (κ2) is 9.69. The maximum Gasteiger partial charge on any atom is 0.340 e. The van der Waals surface area contributed by atoms with Gasteiger partial charge in [0.25, 0.3) is 0 Å². The minimum absolute atomic E-state index is 0.00826. The maximum absolute atomic E-state index is 13.6. The highest BCUT2D eigenvalue weighted by atomic mass is 32.2. The fraction of sp³-hybridized carbons (Fsp3) is 0.263. The number of carbonyl (C=O) groups is 2. The topological polar surface area (TPSA) is 92.1 Å². The van der Waals surface area contributed by atoms with Gasteiger partial charge in [-0.3, -0.25) is 4.79 Å². The SMILES string of the molecule is CCOC(=O)c1cc(C#N)c(SCC(=O)NCc2ccccc2F)nc1C. The molecule has 0 saturated carbocycles. The van der Waals surface area contributed by atoms with Crippen LogP contribution < -0.4 is 5.32 Å². The molecule has 0 unspecified atom stereocenters. The van der Waals surface area contributed by atoms with E-state index in [1.165, 1.54) is 12.1 Å². The molecule has 0 aliphatic heterocycles. The first kappa shape index (κ1) is 20.4. The Hall–Kier alpha value is -2.92. The molecule has 1 aromatic carbocycles. The van der Waals surface area contributed by atoms with Gasteiger partial charge in [0, 0.05) is 12.1 Å². The van der Waals surface area contributed by atoms with Gasteiger partial charge in [-0.25, -0.2) is 14.2 Å². The first-order chi connectivity index (χ1) is 13.0. The van der Waals surface area contributed by atoms with E-state index in [0.717, 1.165) is 11.8 Å². The molecule has 0 radical (unpaired) electrons. The van der Waals surface area contributed by atoms with Gasteiger partial charge < -0.3 is 10.1 Å². The quantitative estimate of drug-likeness (QED) is 0.580. The van der Waals surface area contributed by atoms with Gasteiger partial charge in [0.1, 0.15) is 16.9 Å². The van der Waals surface area contributed by atoms with Crippen LogP contribution in [-0.2, 0) is 16.1 Å². The highest BCUT2D eigenvalue weighted by Crippen LogP contribution is 2.23. The van der Waals surface area contributed by atoms with Crippen LogP contribution >= 0.6 is 11.8 Å². The molecule has 27 heavy (non-hydrogen) atoms. The van der Waals surface area contributed by atoms with E-state index in [0.29, 0.717) is 16.3 Å². The van der Waals surface area contributed by atoms with E-state index in [1.807, 2.05) is 6.07 Å². The highest BCUT2D eigenvalue weighted by molar-refractivity contribution is 8.00. The minimum Gasteiger partial charge on any atom is -0.462 e. The number of amides is 1. The summed E-state index contributed by atoms with van der Waals surface area (Å²) in [6, 6.07) is 9.58. The average Bonchev–Trinajstić information content (AvgIpc) is 2.65. The summed E-state index contributed by atoms with van der Waals surface area (Å²) in [5.41, 5.74) is 1.22. The number of halogens is 1. The van der Waals surface area contributed by atoms with Gasteiger partial charge in [-0.15, -0.1) is 0 Å². The number of ether oxygens (including phenoxy) is 1. The largest absolute Gasteiger partial charge is 0.462 e. The van der Waals surface area contributed by atoms with Crippen LogP contribution in [0.4, 0.5) is 4.39 Å². The zero-order valence-electron chi connectivity index (χ0n) is 14.9. The lowest BCUT2D eigenvalue weighted by atomic mass is 10.1. The summed E-state index contributed by atoms with van der Waals surface area (Å²) >= 11 is 1.08. The third-order valence-electron chi connectivity index (χ3n) is 3.57. The zero-order valence-corrected chi connectivity index (χ0v) is 15.7. The van der Waals surface area contributed by atoms with Crippen LogP contribution in [0.2, 0.25) is 0 Å². The number of aromatic nitrogens is 1. The third-order valence-corrected chi connectivity index (χ3v) is 4.56. The number of aryl methyl sites for hydroxylation is 1. The summed E-state index contributed by atoms with van der Waals surface area (Å²) in [4.78, 5) is 28.1. The fourth-order valence-electron chi connectivity index (χ4n) is 2.21.